The number of hydrogen-bond acceptors (Lipinski definition) is 2. The smallest absolute Gasteiger partial charge is 0.411 e. The van der Waals surface area contributed by atoms with Crippen molar-refractivity contribution in [3.63, 3.8) is 0 Å². The molecule has 0 radical (unpaired) electrons. The first-order valence-electron chi connectivity index (χ1n) is 7.40. The van der Waals surface area contributed by atoms with Gasteiger partial charge >= 0.3 is 7.12 Å². The Morgan fingerprint density at radius 1 is 0.947 bits per heavy atom. The first-order chi connectivity index (χ1) is 9.08. The number of rotatable bonds is 8. The molecule has 1 aromatic carbocycles. The van der Waals surface area contributed by atoms with Crippen molar-refractivity contribution in [1.29, 1.82) is 0 Å². The zero-order chi connectivity index (χ0) is 14.3. The van der Waals surface area contributed by atoms with E-state index in [0.717, 1.165) is 6.42 Å². The minimum absolute atomic E-state index is 0.147. The van der Waals surface area contributed by atoms with Gasteiger partial charge in [-0.2, -0.15) is 0 Å². The average Bonchev–Trinajstić information content (AvgIpc) is 2.38. The molecule has 0 amide bonds. The lowest BCUT2D eigenvalue weighted by Gasteiger charge is -2.20. The SMILES string of the molecule is CCOB(OCC)C(C)c1ccc(CC(C)C)cc1. The lowest BCUT2D eigenvalue weighted by molar-refractivity contribution is 0.206. The summed E-state index contributed by atoms with van der Waals surface area (Å²) in [5, 5.41) is 0. The van der Waals surface area contributed by atoms with Gasteiger partial charge in [0.05, 0.1) is 0 Å². The van der Waals surface area contributed by atoms with Gasteiger partial charge in [0, 0.05) is 19.0 Å². The molecular formula is C16H27BO2. The van der Waals surface area contributed by atoms with Gasteiger partial charge in [-0.3, -0.25) is 0 Å². The van der Waals surface area contributed by atoms with Crippen LogP contribution in [0, 0.1) is 5.92 Å². The molecule has 0 saturated carbocycles. The Hall–Kier alpha value is -0.795. The molecule has 0 saturated heterocycles. The molecule has 1 aromatic rings. The van der Waals surface area contributed by atoms with E-state index < -0.39 is 0 Å². The van der Waals surface area contributed by atoms with Gasteiger partial charge < -0.3 is 9.31 Å². The molecule has 0 spiro atoms. The highest BCUT2D eigenvalue weighted by Crippen LogP contribution is 2.21. The quantitative estimate of drug-likeness (QED) is 0.657. The standard InChI is InChI=1S/C16H27BO2/c1-6-18-17(19-7-2)14(5)16-10-8-15(9-11-16)12-13(3)4/h8-11,13-14H,6-7,12H2,1-5H3. The zero-order valence-electron chi connectivity index (χ0n) is 13.0. The van der Waals surface area contributed by atoms with E-state index in [1.54, 1.807) is 0 Å². The maximum atomic E-state index is 5.67. The molecule has 0 heterocycles. The van der Waals surface area contributed by atoms with E-state index in [0.29, 0.717) is 19.1 Å². The van der Waals surface area contributed by atoms with Crippen LogP contribution in [-0.2, 0) is 15.7 Å². The van der Waals surface area contributed by atoms with Gasteiger partial charge in [0.2, 0.25) is 0 Å². The molecule has 0 aliphatic heterocycles. The van der Waals surface area contributed by atoms with Gasteiger partial charge in [0.1, 0.15) is 0 Å². The average molecular weight is 262 g/mol. The minimum atomic E-state index is -0.147. The topological polar surface area (TPSA) is 18.5 Å². The molecule has 0 aliphatic carbocycles. The maximum Gasteiger partial charge on any atom is 0.464 e. The van der Waals surface area contributed by atoms with Crippen molar-refractivity contribution >= 4 is 7.12 Å². The highest BCUT2D eigenvalue weighted by Gasteiger charge is 2.26. The van der Waals surface area contributed by atoms with Gasteiger partial charge in [0.25, 0.3) is 0 Å². The molecule has 19 heavy (non-hydrogen) atoms. The van der Waals surface area contributed by atoms with Crippen molar-refractivity contribution in [2.75, 3.05) is 13.2 Å². The summed E-state index contributed by atoms with van der Waals surface area (Å²) in [6.07, 6.45) is 1.13. The van der Waals surface area contributed by atoms with Crippen molar-refractivity contribution in [2.45, 2.75) is 46.9 Å². The van der Waals surface area contributed by atoms with Crippen LogP contribution in [0.5, 0.6) is 0 Å². The Balaban J connectivity index is 2.72. The first kappa shape index (κ1) is 16.3. The van der Waals surface area contributed by atoms with Crippen LogP contribution in [0.25, 0.3) is 0 Å². The molecule has 106 valence electrons. The molecular weight excluding hydrogens is 235 g/mol. The van der Waals surface area contributed by atoms with Crippen LogP contribution < -0.4 is 0 Å². The van der Waals surface area contributed by atoms with E-state index in [1.165, 1.54) is 11.1 Å². The monoisotopic (exact) mass is 262 g/mol. The van der Waals surface area contributed by atoms with Crippen molar-refractivity contribution in [3.8, 4) is 0 Å². The summed E-state index contributed by atoms with van der Waals surface area (Å²) in [7, 11) is -0.147. The Bertz CT molecular complexity index is 342. The van der Waals surface area contributed by atoms with Crippen molar-refractivity contribution in [1.82, 2.24) is 0 Å². The second-order valence-corrected chi connectivity index (χ2v) is 5.41. The van der Waals surface area contributed by atoms with Crippen LogP contribution in [0.15, 0.2) is 24.3 Å². The van der Waals surface area contributed by atoms with Gasteiger partial charge in [-0.25, -0.2) is 0 Å². The second-order valence-electron chi connectivity index (χ2n) is 5.41. The fourth-order valence-corrected chi connectivity index (χ4v) is 2.25. The Morgan fingerprint density at radius 3 is 1.89 bits per heavy atom. The highest BCUT2D eigenvalue weighted by atomic mass is 16.6. The number of hydrogen-bond donors (Lipinski definition) is 0. The molecule has 3 heteroatoms. The first-order valence-corrected chi connectivity index (χ1v) is 7.40. The van der Waals surface area contributed by atoms with Crippen molar-refractivity contribution in [2.24, 2.45) is 5.92 Å². The summed E-state index contributed by atoms with van der Waals surface area (Å²) in [6.45, 7) is 12.0. The Morgan fingerprint density at radius 2 is 1.47 bits per heavy atom. The van der Waals surface area contributed by atoms with E-state index in [9.17, 15) is 0 Å². The van der Waals surface area contributed by atoms with Gasteiger partial charge in [0.15, 0.2) is 0 Å². The fourth-order valence-electron chi connectivity index (χ4n) is 2.25. The van der Waals surface area contributed by atoms with Crippen molar-refractivity contribution < 1.29 is 9.31 Å². The fraction of sp³-hybridized carbons (Fsp3) is 0.625. The van der Waals surface area contributed by atoms with Gasteiger partial charge in [-0.1, -0.05) is 45.0 Å². The Labute approximate surface area is 118 Å². The maximum absolute atomic E-state index is 5.67. The molecule has 0 aromatic heterocycles. The third kappa shape index (κ3) is 5.37. The predicted molar refractivity (Wildman–Crippen MR) is 82.4 cm³/mol. The summed E-state index contributed by atoms with van der Waals surface area (Å²) in [5.41, 5.74) is 2.68. The molecule has 0 bridgehead atoms. The van der Waals surface area contributed by atoms with Crippen LogP contribution >= 0.6 is 0 Å². The highest BCUT2D eigenvalue weighted by molar-refractivity contribution is 6.46. The molecule has 1 rings (SSSR count). The van der Waals surface area contributed by atoms with E-state index in [1.807, 2.05) is 13.8 Å². The van der Waals surface area contributed by atoms with Crippen LogP contribution in [-0.4, -0.2) is 20.3 Å². The summed E-state index contributed by atoms with van der Waals surface area (Å²) < 4.78 is 11.3. The normalized spacial score (nSPS) is 12.7. The summed E-state index contributed by atoms with van der Waals surface area (Å²) in [6, 6.07) is 8.85. The molecule has 0 fully saturated rings. The zero-order valence-corrected chi connectivity index (χ0v) is 13.0. The van der Waals surface area contributed by atoms with E-state index in [2.05, 4.69) is 45.0 Å². The third-order valence-corrected chi connectivity index (χ3v) is 3.22. The summed E-state index contributed by atoms with van der Waals surface area (Å²) in [5.74, 6) is 0.955. The van der Waals surface area contributed by atoms with E-state index in [-0.39, 0.29) is 12.9 Å². The molecule has 2 nitrogen and oxygen atoms in total. The van der Waals surface area contributed by atoms with E-state index >= 15 is 0 Å². The van der Waals surface area contributed by atoms with Gasteiger partial charge in [-0.15, -0.1) is 0 Å². The van der Waals surface area contributed by atoms with Crippen LogP contribution in [0.4, 0.5) is 0 Å². The minimum Gasteiger partial charge on any atom is -0.411 e. The number of benzene rings is 1. The molecule has 1 unspecified atom stereocenters. The molecule has 1 atom stereocenters. The largest absolute Gasteiger partial charge is 0.464 e. The lowest BCUT2D eigenvalue weighted by Crippen LogP contribution is -2.30. The van der Waals surface area contributed by atoms with Crippen molar-refractivity contribution in [3.05, 3.63) is 35.4 Å². The third-order valence-electron chi connectivity index (χ3n) is 3.22. The van der Waals surface area contributed by atoms with E-state index in [4.69, 9.17) is 9.31 Å². The predicted octanol–water partition coefficient (Wildman–Crippen LogP) is 4.09. The van der Waals surface area contributed by atoms with Crippen LogP contribution in [0.1, 0.15) is 51.6 Å². The summed E-state index contributed by atoms with van der Waals surface area (Å²) >= 11 is 0. The lowest BCUT2D eigenvalue weighted by atomic mass is 9.69. The second kappa shape index (κ2) is 8.39. The summed E-state index contributed by atoms with van der Waals surface area (Å²) in [4.78, 5) is 0. The van der Waals surface area contributed by atoms with Gasteiger partial charge in [-0.05, 0) is 37.3 Å². The molecule has 0 aliphatic rings. The van der Waals surface area contributed by atoms with Crippen LogP contribution in [0.3, 0.4) is 0 Å². The molecule has 0 N–H and O–H groups in total. The van der Waals surface area contributed by atoms with Crippen LogP contribution in [0.2, 0.25) is 0 Å². The Kier molecular flexibility index (Phi) is 7.18.